The van der Waals surface area contributed by atoms with Crippen LogP contribution in [0.2, 0.25) is 0 Å². The van der Waals surface area contributed by atoms with Gasteiger partial charge in [0.2, 0.25) is 23.6 Å². The van der Waals surface area contributed by atoms with Crippen LogP contribution in [0.25, 0.3) is 0 Å². The summed E-state index contributed by atoms with van der Waals surface area (Å²) in [6.45, 7) is 3.81. The minimum atomic E-state index is -0.788. The van der Waals surface area contributed by atoms with Gasteiger partial charge in [-0.25, -0.2) is 0 Å². The Morgan fingerprint density at radius 3 is 1.41 bits per heavy atom. The van der Waals surface area contributed by atoms with Crippen LogP contribution in [-0.4, -0.2) is 89.7 Å². The first-order valence-corrected chi connectivity index (χ1v) is 9.24. The fourth-order valence-electron chi connectivity index (χ4n) is 4.56. The molecule has 2 N–H and O–H groups in total. The van der Waals surface area contributed by atoms with Crippen LogP contribution in [0.1, 0.15) is 26.7 Å². The molecule has 27 heavy (non-hydrogen) atoms. The Morgan fingerprint density at radius 2 is 1.07 bits per heavy atom. The molecule has 4 amide bonds. The van der Waals surface area contributed by atoms with E-state index in [9.17, 15) is 19.2 Å². The Balaban J connectivity index is 1.68. The lowest BCUT2D eigenvalue weighted by Crippen LogP contribution is -2.68. The van der Waals surface area contributed by atoms with Gasteiger partial charge in [-0.15, -0.1) is 0 Å². The number of hydrogen-bond acceptors (Lipinski definition) is 8. The lowest BCUT2D eigenvalue weighted by atomic mass is 9.83. The Labute approximate surface area is 156 Å². The lowest BCUT2D eigenvalue weighted by molar-refractivity contribution is -0.163. The average Bonchev–Trinajstić information content (AvgIpc) is 2.87. The molecule has 0 radical (unpaired) electrons. The van der Waals surface area contributed by atoms with E-state index in [0.29, 0.717) is 12.8 Å². The van der Waals surface area contributed by atoms with Gasteiger partial charge in [0.05, 0.1) is 50.5 Å². The number of hydrogen-bond donors (Lipinski definition) is 2. The van der Waals surface area contributed by atoms with Crippen molar-refractivity contribution in [1.29, 1.82) is 0 Å². The fraction of sp³-hybridized carbons (Fsp3) is 0.765. The fourth-order valence-corrected chi connectivity index (χ4v) is 4.56. The van der Waals surface area contributed by atoms with Crippen molar-refractivity contribution in [3.05, 3.63) is 0 Å². The molecule has 0 spiro atoms. The molecule has 0 bridgehead atoms. The van der Waals surface area contributed by atoms with Crippen molar-refractivity contribution in [3.8, 4) is 0 Å². The summed E-state index contributed by atoms with van der Waals surface area (Å²) < 4.78 is 11.9. The third-order valence-corrected chi connectivity index (χ3v) is 5.52. The predicted octanol–water partition coefficient (Wildman–Crippen LogP) is -2.05. The van der Waals surface area contributed by atoms with Gasteiger partial charge < -0.3 is 9.47 Å². The molecule has 4 rings (SSSR count). The number of ether oxygens (including phenoxy) is 2. The van der Waals surface area contributed by atoms with Crippen LogP contribution in [0.3, 0.4) is 0 Å². The Bertz CT molecular complexity index is 607. The highest BCUT2D eigenvalue weighted by atomic mass is 16.8. The van der Waals surface area contributed by atoms with Crippen molar-refractivity contribution >= 4 is 23.6 Å². The third kappa shape index (κ3) is 3.27. The summed E-state index contributed by atoms with van der Waals surface area (Å²) in [5.74, 6) is -2.20. The molecular formula is C17H24N4O6. The molecule has 0 aromatic carbocycles. The van der Waals surface area contributed by atoms with Crippen molar-refractivity contribution in [1.82, 2.24) is 20.4 Å². The van der Waals surface area contributed by atoms with Gasteiger partial charge >= 0.3 is 0 Å². The molecule has 4 aliphatic rings. The zero-order chi connectivity index (χ0) is 19.3. The van der Waals surface area contributed by atoms with E-state index in [4.69, 9.17) is 9.47 Å². The van der Waals surface area contributed by atoms with Gasteiger partial charge in [0.1, 0.15) is 0 Å². The number of amides is 4. The molecule has 4 fully saturated rings. The number of imide groups is 2. The second-order valence-electron chi connectivity index (χ2n) is 7.84. The number of fused-ring (bicyclic) bond motifs is 1. The summed E-state index contributed by atoms with van der Waals surface area (Å²) in [4.78, 5) is 52.4. The van der Waals surface area contributed by atoms with Gasteiger partial charge in [0, 0.05) is 0 Å². The third-order valence-electron chi connectivity index (χ3n) is 5.52. The Hall–Kier alpha value is -1.88. The lowest BCUT2D eigenvalue weighted by Gasteiger charge is -2.47. The number of nitrogens with one attached hydrogen (secondary N) is 2. The molecule has 10 nitrogen and oxygen atoms in total. The van der Waals surface area contributed by atoms with E-state index in [0.717, 1.165) is 0 Å². The van der Waals surface area contributed by atoms with E-state index < -0.39 is 17.9 Å². The minimum absolute atomic E-state index is 0.0509. The summed E-state index contributed by atoms with van der Waals surface area (Å²) in [7, 11) is 0. The zero-order valence-corrected chi connectivity index (χ0v) is 15.4. The molecule has 0 aromatic rings. The van der Waals surface area contributed by atoms with Crippen LogP contribution in [0, 0.1) is 0 Å². The molecule has 10 heteroatoms. The van der Waals surface area contributed by atoms with Crippen LogP contribution in [-0.2, 0) is 28.7 Å². The minimum Gasteiger partial charge on any atom is -0.345 e. The Kier molecular flexibility index (Phi) is 4.53. The molecule has 3 aliphatic heterocycles. The monoisotopic (exact) mass is 380 g/mol. The quantitative estimate of drug-likeness (QED) is 0.526. The average molecular weight is 380 g/mol. The number of carbonyl (C=O) groups is 4. The van der Waals surface area contributed by atoms with Crippen LogP contribution in [0.5, 0.6) is 0 Å². The predicted molar refractivity (Wildman–Crippen MR) is 90.1 cm³/mol. The second-order valence-corrected chi connectivity index (χ2v) is 7.84. The molecular weight excluding hydrogens is 356 g/mol. The first-order chi connectivity index (χ1) is 12.8. The molecule has 4 unspecified atom stereocenters. The molecule has 1 saturated carbocycles. The summed E-state index contributed by atoms with van der Waals surface area (Å²) in [5, 5.41) is 5.54. The summed E-state index contributed by atoms with van der Waals surface area (Å²) in [6.07, 6.45) is 0.0660. The smallest absolute Gasteiger partial charge is 0.243 e. The van der Waals surface area contributed by atoms with E-state index in [1.165, 1.54) is 9.80 Å². The molecule has 148 valence electrons. The Morgan fingerprint density at radius 1 is 0.741 bits per heavy atom. The van der Waals surface area contributed by atoms with Crippen molar-refractivity contribution < 1.29 is 28.7 Å². The summed E-state index contributed by atoms with van der Waals surface area (Å²) in [5.41, 5.74) is 0. The van der Waals surface area contributed by atoms with E-state index in [1.54, 1.807) is 13.8 Å². The van der Waals surface area contributed by atoms with E-state index in [1.807, 2.05) is 0 Å². The van der Waals surface area contributed by atoms with E-state index >= 15 is 0 Å². The second kappa shape index (κ2) is 6.62. The van der Waals surface area contributed by atoms with Gasteiger partial charge in [-0.3, -0.25) is 39.6 Å². The van der Waals surface area contributed by atoms with Crippen molar-refractivity contribution in [2.45, 2.75) is 56.8 Å². The summed E-state index contributed by atoms with van der Waals surface area (Å²) >= 11 is 0. The van der Waals surface area contributed by atoms with Crippen LogP contribution < -0.4 is 10.6 Å². The van der Waals surface area contributed by atoms with Gasteiger partial charge in [-0.05, 0) is 26.7 Å². The number of nitrogens with zero attached hydrogens (tertiary/aromatic N) is 2. The normalized spacial score (nSPS) is 37.0. The first kappa shape index (κ1) is 18.5. The molecule has 0 aromatic heterocycles. The topological polar surface area (TPSA) is 117 Å². The van der Waals surface area contributed by atoms with Crippen LogP contribution >= 0.6 is 0 Å². The molecule has 3 heterocycles. The molecule has 4 atom stereocenters. The number of piperazine rings is 2. The molecule has 3 saturated heterocycles. The van der Waals surface area contributed by atoms with Crippen molar-refractivity contribution in [2.75, 3.05) is 26.2 Å². The number of rotatable bonds is 2. The van der Waals surface area contributed by atoms with Gasteiger partial charge in [-0.2, -0.15) is 0 Å². The largest absolute Gasteiger partial charge is 0.345 e. The maximum Gasteiger partial charge on any atom is 0.243 e. The maximum absolute atomic E-state index is 12.5. The van der Waals surface area contributed by atoms with Gasteiger partial charge in [-0.1, -0.05) is 0 Å². The van der Waals surface area contributed by atoms with Gasteiger partial charge in [0.25, 0.3) is 0 Å². The van der Waals surface area contributed by atoms with Crippen LogP contribution in [0.15, 0.2) is 0 Å². The van der Waals surface area contributed by atoms with Crippen molar-refractivity contribution in [3.63, 3.8) is 0 Å². The highest BCUT2D eigenvalue weighted by Crippen LogP contribution is 2.40. The zero-order valence-electron chi connectivity index (χ0n) is 15.4. The SMILES string of the molecule is CC1(C)OC2CC(N3C(=O)CNCC3=O)C(N3C(=O)CNCC3=O)CC2O1. The standard InChI is InChI=1S/C17H24N4O6/c1-17(2)26-11-3-9(20-13(22)5-18-6-14(20)23)10(4-12(11)27-17)21-15(24)7-19-8-16(21)25/h9-12,18-19H,3-8H2,1-2H3. The van der Waals surface area contributed by atoms with E-state index in [-0.39, 0.29) is 62.0 Å². The number of carbonyl (C=O) groups excluding carboxylic acids is 4. The highest BCUT2D eigenvalue weighted by molar-refractivity contribution is 6.01. The maximum atomic E-state index is 12.5. The summed E-state index contributed by atoms with van der Waals surface area (Å²) in [6, 6.07) is -1.23. The first-order valence-electron chi connectivity index (χ1n) is 9.24. The van der Waals surface area contributed by atoms with Crippen molar-refractivity contribution in [2.24, 2.45) is 0 Å². The van der Waals surface area contributed by atoms with E-state index in [2.05, 4.69) is 10.6 Å². The van der Waals surface area contributed by atoms with Crippen LogP contribution in [0.4, 0.5) is 0 Å². The van der Waals surface area contributed by atoms with Gasteiger partial charge in [0.15, 0.2) is 5.79 Å². The molecule has 1 aliphatic carbocycles. The highest BCUT2D eigenvalue weighted by Gasteiger charge is 2.54.